The van der Waals surface area contributed by atoms with Crippen LogP contribution in [0.3, 0.4) is 0 Å². The first-order valence-electron chi connectivity index (χ1n) is 6.93. The van der Waals surface area contributed by atoms with Crippen LogP contribution in [0.1, 0.15) is 24.4 Å². The summed E-state index contributed by atoms with van der Waals surface area (Å²) >= 11 is 3.48. The van der Waals surface area contributed by atoms with Crippen LogP contribution in [0.2, 0.25) is 0 Å². The van der Waals surface area contributed by atoms with Gasteiger partial charge in [0, 0.05) is 30.8 Å². The van der Waals surface area contributed by atoms with Crippen molar-refractivity contribution in [2.75, 3.05) is 33.4 Å². The molecule has 1 aliphatic heterocycles. The minimum atomic E-state index is 0.344. The van der Waals surface area contributed by atoms with Gasteiger partial charge in [-0.05, 0) is 49.5 Å². The average Bonchev–Trinajstić information content (AvgIpc) is 2.44. The minimum absolute atomic E-state index is 0.344. The summed E-state index contributed by atoms with van der Waals surface area (Å²) in [5.41, 5.74) is 7.30. The van der Waals surface area contributed by atoms with Crippen molar-refractivity contribution in [2.45, 2.75) is 18.9 Å². The molecule has 2 N–H and O–H groups in total. The second-order valence-corrected chi connectivity index (χ2v) is 6.15. The minimum Gasteiger partial charge on any atom is -0.384 e. The Kier molecular flexibility index (Phi) is 5.82. The molecule has 106 valence electrons. The molecule has 1 aromatic rings. The lowest BCUT2D eigenvalue weighted by molar-refractivity contribution is 0.0810. The normalized spacial score (nSPS) is 19.5. The summed E-state index contributed by atoms with van der Waals surface area (Å²) in [7, 11) is 1.79. The van der Waals surface area contributed by atoms with Crippen LogP contribution in [0, 0.1) is 5.92 Å². The molecule has 1 unspecified atom stereocenters. The van der Waals surface area contributed by atoms with Gasteiger partial charge in [0.15, 0.2) is 0 Å². The summed E-state index contributed by atoms with van der Waals surface area (Å²) < 4.78 is 6.37. The second-order valence-electron chi connectivity index (χ2n) is 5.24. The van der Waals surface area contributed by atoms with Gasteiger partial charge in [0.25, 0.3) is 0 Å². The molecule has 1 aromatic carbocycles. The van der Waals surface area contributed by atoms with Crippen molar-refractivity contribution in [1.82, 2.24) is 4.90 Å². The molecule has 19 heavy (non-hydrogen) atoms. The summed E-state index contributed by atoms with van der Waals surface area (Å²) in [6.07, 6.45) is 2.42. The fourth-order valence-corrected chi connectivity index (χ4v) is 3.11. The molecule has 0 saturated carbocycles. The van der Waals surface area contributed by atoms with E-state index in [-0.39, 0.29) is 0 Å². The Labute approximate surface area is 124 Å². The van der Waals surface area contributed by atoms with Crippen LogP contribution in [0.15, 0.2) is 28.7 Å². The third-order valence-electron chi connectivity index (χ3n) is 3.97. The summed E-state index contributed by atoms with van der Waals surface area (Å²) in [6, 6.07) is 8.87. The highest BCUT2D eigenvalue weighted by Crippen LogP contribution is 2.27. The number of hydrogen-bond donors (Lipinski definition) is 1. The predicted molar refractivity (Wildman–Crippen MR) is 82.1 cm³/mol. The Hall–Kier alpha value is -0.420. The molecule has 4 heteroatoms. The lowest BCUT2D eigenvalue weighted by atomic mass is 9.95. The van der Waals surface area contributed by atoms with Gasteiger partial charge < -0.3 is 10.5 Å². The summed E-state index contributed by atoms with van der Waals surface area (Å²) in [6.45, 7) is 3.80. The van der Waals surface area contributed by atoms with Crippen LogP contribution >= 0.6 is 15.9 Å². The van der Waals surface area contributed by atoms with E-state index in [2.05, 4.69) is 45.1 Å². The molecule has 1 fully saturated rings. The van der Waals surface area contributed by atoms with Crippen LogP contribution in [-0.4, -0.2) is 38.3 Å². The topological polar surface area (TPSA) is 38.5 Å². The molecule has 1 aliphatic rings. The Balaban J connectivity index is 1.97. The number of nitrogens with zero attached hydrogens (tertiary/aromatic N) is 1. The Morgan fingerprint density at radius 3 is 2.47 bits per heavy atom. The Bertz CT molecular complexity index is 374. The number of ether oxygens (including phenoxy) is 1. The molecule has 1 atom stereocenters. The van der Waals surface area contributed by atoms with Crippen molar-refractivity contribution in [1.29, 1.82) is 0 Å². The van der Waals surface area contributed by atoms with E-state index in [0.717, 1.165) is 24.2 Å². The van der Waals surface area contributed by atoms with Crippen molar-refractivity contribution in [2.24, 2.45) is 11.7 Å². The monoisotopic (exact) mass is 326 g/mol. The molecule has 3 nitrogen and oxygen atoms in total. The zero-order valence-electron chi connectivity index (χ0n) is 11.5. The number of piperidine rings is 1. The molecule has 1 saturated heterocycles. The Morgan fingerprint density at radius 2 is 1.95 bits per heavy atom. The zero-order chi connectivity index (χ0) is 13.7. The first-order valence-corrected chi connectivity index (χ1v) is 7.72. The van der Waals surface area contributed by atoms with Gasteiger partial charge >= 0.3 is 0 Å². The molecule has 0 aliphatic carbocycles. The van der Waals surface area contributed by atoms with Gasteiger partial charge in [0.05, 0.1) is 0 Å². The number of hydrogen-bond acceptors (Lipinski definition) is 3. The molecule has 0 aromatic heterocycles. The van der Waals surface area contributed by atoms with Gasteiger partial charge in [0.2, 0.25) is 0 Å². The van der Waals surface area contributed by atoms with E-state index in [9.17, 15) is 0 Å². The maximum atomic E-state index is 5.99. The fourth-order valence-electron chi connectivity index (χ4n) is 2.85. The highest BCUT2D eigenvalue weighted by atomic mass is 79.9. The van der Waals surface area contributed by atoms with Gasteiger partial charge in [-0.25, -0.2) is 0 Å². The van der Waals surface area contributed by atoms with Crippen molar-refractivity contribution >= 4 is 15.9 Å². The number of nitrogens with two attached hydrogens (primary N) is 1. The van der Waals surface area contributed by atoms with Crippen LogP contribution in [-0.2, 0) is 4.74 Å². The molecule has 0 bridgehead atoms. The summed E-state index contributed by atoms with van der Waals surface area (Å²) in [4.78, 5) is 2.51. The van der Waals surface area contributed by atoms with E-state index >= 15 is 0 Å². The predicted octanol–water partition coefficient (Wildman–Crippen LogP) is 2.81. The number of rotatable bonds is 5. The van der Waals surface area contributed by atoms with Gasteiger partial charge in [-0.2, -0.15) is 0 Å². The lowest BCUT2D eigenvalue weighted by Crippen LogP contribution is -2.40. The van der Waals surface area contributed by atoms with Gasteiger partial charge in [-0.3, -0.25) is 4.90 Å². The van der Waals surface area contributed by atoms with E-state index < -0.39 is 0 Å². The summed E-state index contributed by atoms with van der Waals surface area (Å²) in [5.74, 6) is 0.713. The van der Waals surface area contributed by atoms with Gasteiger partial charge in [-0.1, -0.05) is 28.1 Å². The third kappa shape index (κ3) is 4.02. The maximum absolute atomic E-state index is 5.99. The number of halogens is 1. The van der Waals surface area contributed by atoms with Crippen LogP contribution in [0.4, 0.5) is 0 Å². The maximum Gasteiger partial charge on any atom is 0.0491 e. The largest absolute Gasteiger partial charge is 0.384 e. The van der Waals surface area contributed by atoms with E-state index in [0.29, 0.717) is 18.5 Å². The van der Waals surface area contributed by atoms with Crippen LogP contribution in [0.5, 0.6) is 0 Å². The first kappa shape index (κ1) is 15.0. The molecule has 0 amide bonds. The van der Waals surface area contributed by atoms with E-state index in [1.54, 1.807) is 7.11 Å². The molecule has 0 radical (unpaired) electrons. The van der Waals surface area contributed by atoms with Gasteiger partial charge in [-0.15, -0.1) is 0 Å². The van der Waals surface area contributed by atoms with E-state index in [4.69, 9.17) is 10.5 Å². The molecule has 0 spiro atoms. The van der Waals surface area contributed by atoms with Crippen molar-refractivity contribution < 1.29 is 4.74 Å². The van der Waals surface area contributed by atoms with Crippen molar-refractivity contribution in [3.8, 4) is 0 Å². The van der Waals surface area contributed by atoms with Crippen LogP contribution in [0.25, 0.3) is 0 Å². The second kappa shape index (κ2) is 7.39. The number of benzene rings is 1. The average molecular weight is 327 g/mol. The van der Waals surface area contributed by atoms with Crippen LogP contribution < -0.4 is 5.73 Å². The Morgan fingerprint density at radius 1 is 1.32 bits per heavy atom. The number of methoxy groups -OCH3 is 1. The van der Waals surface area contributed by atoms with E-state index in [1.165, 1.54) is 18.4 Å². The lowest BCUT2D eigenvalue weighted by Gasteiger charge is -2.37. The standard InChI is InChI=1S/C15H23BrN2O/c1-19-11-12-6-8-18(9-7-12)15(10-17)13-2-4-14(16)5-3-13/h2-5,12,15H,6-11,17H2,1H3. The molecule has 1 heterocycles. The smallest absolute Gasteiger partial charge is 0.0491 e. The molecule has 2 rings (SSSR count). The zero-order valence-corrected chi connectivity index (χ0v) is 13.1. The first-order chi connectivity index (χ1) is 9.24. The van der Waals surface area contributed by atoms with Crippen molar-refractivity contribution in [3.05, 3.63) is 34.3 Å². The summed E-state index contributed by atoms with van der Waals surface area (Å²) in [5, 5.41) is 0. The highest BCUT2D eigenvalue weighted by Gasteiger charge is 2.25. The van der Waals surface area contributed by atoms with Crippen molar-refractivity contribution in [3.63, 3.8) is 0 Å². The van der Waals surface area contributed by atoms with Gasteiger partial charge in [0.1, 0.15) is 0 Å². The SMILES string of the molecule is COCC1CCN(C(CN)c2ccc(Br)cc2)CC1. The highest BCUT2D eigenvalue weighted by molar-refractivity contribution is 9.10. The molecular formula is C15H23BrN2O. The third-order valence-corrected chi connectivity index (χ3v) is 4.50. The molecular weight excluding hydrogens is 304 g/mol. The fraction of sp³-hybridized carbons (Fsp3) is 0.600. The number of likely N-dealkylation sites (tertiary alicyclic amines) is 1. The quantitative estimate of drug-likeness (QED) is 0.904. The van der Waals surface area contributed by atoms with E-state index in [1.807, 2.05) is 0 Å².